The summed E-state index contributed by atoms with van der Waals surface area (Å²) in [7, 11) is 1.59. The third-order valence-corrected chi connectivity index (χ3v) is 7.67. The molecule has 0 spiro atoms. The molecule has 1 N–H and O–H groups in total. The lowest BCUT2D eigenvalue weighted by Crippen LogP contribution is -2.35. The second-order valence-corrected chi connectivity index (χ2v) is 10.2. The van der Waals surface area contributed by atoms with Gasteiger partial charge in [-0.1, -0.05) is 72.5 Å². The second kappa shape index (κ2) is 10.2. The summed E-state index contributed by atoms with van der Waals surface area (Å²) in [4.78, 5) is 43.2. The van der Waals surface area contributed by atoms with E-state index >= 15 is 0 Å². The van der Waals surface area contributed by atoms with Crippen LogP contribution in [0.3, 0.4) is 0 Å². The van der Waals surface area contributed by atoms with Crippen molar-refractivity contribution in [2.75, 3.05) is 23.9 Å². The van der Waals surface area contributed by atoms with E-state index in [9.17, 15) is 14.4 Å². The molecule has 37 heavy (non-hydrogen) atoms. The first-order valence-corrected chi connectivity index (χ1v) is 12.8. The molecule has 2 aliphatic heterocycles. The van der Waals surface area contributed by atoms with E-state index in [0.717, 1.165) is 28.6 Å². The Bertz CT molecular complexity index is 1470. The molecule has 9 heteroatoms. The fraction of sp³-hybridized carbons (Fsp3) is 0.143. The van der Waals surface area contributed by atoms with Gasteiger partial charge in [-0.15, -0.1) is 0 Å². The van der Waals surface area contributed by atoms with Crippen LogP contribution in [0.15, 0.2) is 77.7 Å². The van der Waals surface area contributed by atoms with Crippen LogP contribution in [0.5, 0.6) is 5.75 Å². The first kappa shape index (κ1) is 24.7. The average molecular weight is 530 g/mol. The number of amides is 3. The molecule has 0 unspecified atom stereocenters. The SMILES string of the molecule is COc1ccc(CN2C(=O)/C(=C3/C(=O)N(CC(=O)Nc4ccccc4C)c4ccccc43)SC2=S)cc1. The van der Waals surface area contributed by atoms with Crippen LogP contribution in [0.1, 0.15) is 16.7 Å². The number of hydrogen-bond acceptors (Lipinski definition) is 6. The van der Waals surface area contributed by atoms with Gasteiger partial charge in [0.2, 0.25) is 5.91 Å². The van der Waals surface area contributed by atoms with Crippen molar-refractivity contribution in [1.29, 1.82) is 0 Å². The van der Waals surface area contributed by atoms with E-state index in [2.05, 4.69) is 5.32 Å². The summed E-state index contributed by atoms with van der Waals surface area (Å²) in [6.45, 7) is 2.00. The van der Waals surface area contributed by atoms with Gasteiger partial charge >= 0.3 is 0 Å². The molecule has 0 aromatic heterocycles. The average Bonchev–Trinajstić information content (AvgIpc) is 3.33. The van der Waals surface area contributed by atoms with Crippen LogP contribution in [0, 0.1) is 6.92 Å². The molecule has 0 radical (unpaired) electrons. The highest BCUT2D eigenvalue weighted by atomic mass is 32.2. The Kier molecular flexibility index (Phi) is 6.82. The maximum absolute atomic E-state index is 13.6. The van der Waals surface area contributed by atoms with Gasteiger partial charge in [-0.2, -0.15) is 0 Å². The Balaban J connectivity index is 1.42. The predicted molar refractivity (Wildman–Crippen MR) is 149 cm³/mol. The van der Waals surface area contributed by atoms with Crippen LogP contribution >= 0.6 is 24.0 Å². The van der Waals surface area contributed by atoms with E-state index in [-0.39, 0.29) is 35.4 Å². The van der Waals surface area contributed by atoms with E-state index < -0.39 is 5.91 Å². The van der Waals surface area contributed by atoms with Gasteiger partial charge in [-0.05, 0) is 42.3 Å². The minimum atomic E-state index is -0.397. The van der Waals surface area contributed by atoms with Crippen LogP contribution in [0.4, 0.5) is 11.4 Å². The molecule has 0 bridgehead atoms. The summed E-state index contributed by atoms with van der Waals surface area (Å²) >= 11 is 6.63. The molecule has 0 aliphatic carbocycles. The van der Waals surface area contributed by atoms with Crippen LogP contribution in [0.2, 0.25) is 0 Å². The number of rotatable bonds is 6. The lowest BCUT2D eigenvalue weighted by atomic mass is 10.1. The van der Waals surface area contributed by atoms with E-state index in [1.807, 2.05) is 55.5 Å². The minimum absolute atomic E-state index is 0.181. The summed E-state index contributed by atoms with van der Waals surface area (Å²) in [5, 5.41) is 2.87. The molecular weight excluding hydrogens is 506 g/mol. The number of anilines is 2. The van der Waals surface area contributed by atoms with Gasteiger partial charge in [-0.25, -0.2) is 0 Å². The van der Waals surface area contributed by atoms with Gasteiger partial charge in [0.05, 0.1) is 29.8 Å². The van der Waals surface area contributed by atoms with E-state index in [4.69, 9.17) is 17.0 Å². The van der Waals surface area contributed by atoms with Crippen molar-refractivity contribution in [3.63, 3.8) is 0 Å². The Morgan fingerprint density at radius 2 is 1.65 bits per heavy atom. The predicted octanol–water partition coefficient (Wildman–Crippen LogP) is 4.76. The molecule has 2 aliphatic rings. The number of thiocarbonyl (C=S) groups is 1. The van der Waals surface area contributed by atoms with E-state index in [1.54, 1.807) is 31.4 Å². The smallest absolute Gasteiger partial charge is 0.267 e. The lowest BCUT2D eigenvalue weighted by Gasteiger charge is -2.17. The topological polar surface area (TPSA) is 79.0 Å². The Morgan fingerprint density at radius 3 is 2.38 bits per heavy atom. The second-order valence-electron chi connectivity index (χ2n) is 8.58. The van der Waals surface area contributed by atoms with Gasteiger partial charge < -0.3 is 10.1 Å². The number of nitrogens with one attached hydrogen (secondary N) is 1. The number of para-hydroxylation sites is 2. The number of nitrogens with zero attached hydrogens (tertiary/aromatic N) is 2. The van der Waals surface area contributed by atoms with Gasteiger partial charge in [0.1, 0.15) is 16.6 Å². The first-order valence-electron chi connectivity index (χ1n) is 11.5. The zero-order valence-electron chi connectivity index (χ0n) is 20.2. The fourth-order valence-corrected chi connectivity index (χ4v) is 5.63. The van der Waals surface area contributed by atoms with Gasteiger partial charge in [0, 0.05) is 11.3 Å². The van der Waals surface area contributed by atoms with Crippen molar-refractivity contribution in [3.05, 3.63) is 94.4 Å². The molecule has 5 rings (SSSR count). The number of fused-ring (bicyclic) bond motifs is 1. The number of ether oxygens (including phenoxy) is 1. The van der Waals surface area contributed by atoms with Crippen LogP contribution < -0.4 is 15.0 Å². The van der Waals surface area contributed by atoms with Crippen LogP contribution in [0.25, 0.3) is 5.57 Å². The van der Waals surface area contributed by atoms with Crippen molar-refractivity contribution < 1.29 is 19.1 Å². The van der Waals surface area contributed by atoms with Crippen molar-refractivity contribution in [3.8, 4) is 5.75 Å². The molecule has 7 nitrogen and oxygen atoms in total. The maximum Gasteiger partial charge on any atom is 0.267 e. The quantitative estimate of drug-likeness (QED) is 0.367. The number of carbonyl (C=O) groups is 3. The molecule has 3 amide bonds. The fourth-order valence-electron chi connectivity index (χ4n) is 4.30. The number of hydrogen-bond donors (Lipinski definition) is 1. The maximum atomic E-state index is 13.6. The van der Waals surface area contributed by atoms with E-state index in [0.29, 0.717) is 21.3 Å². The molecule has 1 saturated heterocycles. The third-order valence-electron chi connectivity index (χ3n) is 6.22. The Hall–Kier alpha value is -3.95. The zero-order chi connectivity index (χ0) is 26.1. The summed E-state index contributed by atoms with van der Waals surface area (Å²) in [5.41, 5.74) is 3.96. The molecule has 3 aromatic rings. The van der Waals surface area contributed by atoms with Crippen molar-refractivity contribution >= 4 is 63.0 Å². The zero-order valence-corrected chi connectivity index (χ0v) is 21.8. The monoisotopic (exact) mass is 529 g/mol. The highest BCUT2D eigenvalue weighted by molar-refractivity contribution is 8.26. The lowest BCUT2D eigenvalue weighted by molar-refractivity contribution is -0.122. The molecule has 186 valence electrons. The Morgan fingerprint density at radius 1 is 0.946 bits per heavy atom. The highest BCUT2D eigenvalue weighted by Gasteiger charge is 2.42. The number of aryl methyl sites for hydroxylation is 1. The molecule has 0 atom stereocenters. The standard InChI is InChI=1S/C28H23N3O4S2/c1-17-7-3-5-9-21(17)29-23(32)16-30-22-10-6-4-8-20(22)24(26(30)33)25-27(34)31(28(36)37-25)15-18-11-13-19(35-2)14-12-18/h3-14H,15-16H2,1-2H3,(H,29,32)/b25-24-. The molecular formula is C28H23N3O4S2. The number of carbonyl (C=O) groups excluding carboxylic acids is 3. The molecule has 0 saturated carbocycles. The van der Waals surface area contributed by atoms with Crippen molar-refractivity contribution in [2.24, 2.45) is 0 Å². The van der Waals surface area contributed by atoms with Gasteiger partial charge in [0.15, 0.2) is 0 Å². The number of thioether (sulfide) groups is 1. The normalized spacial score (nSPS) is 16.9. The summed E-state index contributed by atoms with van der Waals surface area (Å²) < 4.78 is 5.58. The Labute approximate surface area is 224 Å². The largest absolute Gasteiger partial charge is 0.497 e. The minimum Gasteiger partial charge on any atom is -0.497 e. The van der Waals surface area contributed by atoms with Crippen LogP contribution in [-0.2, 0) is 20.9 Å². The first-order chi connectivity index (χ1) is 17.9. The summed E-state index contributed by atoms with van der Waals surface area (Å²) in [5.74, 6) is -0.331. The summed E-state index contributed by atoms with van der Waals surface area (Å²) in [6, 6.07) is 22.0. The number of benzene rings is 3. The van der Waals surface area contributed by atoms with Crippen LogP contribution in [-0.4, -0.2) is 40.6 Å². The summed E-state index contributed by atoms with van der Waals surface area (Å²) in [6.07, 6.45) is 0. The van der Waals surface area contributed by atoms with Crippen molar-refractivity contribution in [2.45, 2.75) is 13.5 Å². The van der Waals surface area contributed by atoms with Gasteiger partial charge in [0.25, 0.3) is 11.8 Å². The third kappa shape index (κ3) is 4.75. The van der Waals surface area contributed by atoms with E-state index in [1.165, 1.54) is 9.80 Å². The number of methoxy groups -OCH3 is 1. The van der Waals surface area contributed by atoms with Crippen molar-refractivity contribution in [1.82, 2.24) is 4.90 Å². The van der Waals surface area contributed by atoms with Gasteiger partial charge in [-0.3, -0.25) is 24.2 Å². The molecule has 2 heterocycles. The highest BCUT2D eigenvalue weighted by Crippen LogP contribution is 2.44. The molecule has 3 aromatic carbocycles. The molecule has 1 fully saturated rings.